The molecule has 0 bridgehead atoms. The molecule has 2 atom stereocenters. The highest BCUT2D eigenvalue weighted by molar-refractivity contribution is 7.89. The van der Waals surface area contributed by atoms with E-state index in [2.05, 4.69) is 15.0 Å². The van der Waals surface area contributed by atoms with Gasteiger partial charge in [0.25, 0.3) is 0 Å². The first-order valence-corrected chi connectivity index (χ1v) is 8.34. The molecule has 0 radical (unpaired) electrons. The molecule has 0 aliphatic carbocycles. The standard InChI is InChI=1S/C13H21N3O2S/c1-11-13(3-2-7-15-11)16-19(17,18)10-6-12-4-8-14-9-5-12/h4-5,8-9,11,13,15-16H,2-3,6-7,10H2,1H3. The smallest absolute Gasteiger partial charge is 0.212 e. The molecule has 1 aromatic rings. The molecule has 2 unspecified atom stereocenters. The molecule has 6 heteroatoms. The molecule has 0 saturated carbocycles. The minimum Gasteiger partial charge on any atom is -0.313 e. The van der Waals surface area contributed by atoms with E-state index in [1.54, 1.807) is 12.4 Å². The Hall–Kier alpha value is -0.980. The summed E-state index contributed by atoms with van der Waals surface area (Å²) < 4.78 is 26.9. The Bertz CT molecular complexity index is 490. The molecular weight excluding hydrogens is 262 g/mol. The number of aryl methyl sites for hydroxylation is 1. The Balaban J connectivity index is 1.88. The number of pyridine rings is 1. The number of sulfonamides is 1. The largest absolute Gasteiger partial charge is 0.313 e. The van der Waals surface area contributed by atoms with Gasteiger partial charge < -0.3 is 5.32 Å². The van der Waals surface area contributed by atoms with E-state index in [9.17, 15) is 8.42 Å². The Kier molecular flexibility index (Phi) is 4.90. The van der Waals surface area contributed by atoms with Crippen LogP contribution in [0.4, 0.5) is 0 Å². The van der Waals surface area contributed by atoms with E-state index >= 15 is 0 Å². The molecule has 1 fully saturated rings. The number of aromatic nitrogens is 1. The SMILES string of the molecule is CC1NCCCC1NS(=O)(=O)CCc1ccncc1. The molecule has 2 heterocycles. The zero-order chi connectivity index (χ0) is 13.7. The van der Waals surface area contributed by atoms with Crippen LogP contribution in [0.1, 0.15) is 25.3 Å². The normalized spacial score (nSPS) is 24.3. The van der Waals surface area contributed by atoms with Gasteiger partial charge in [-0.1, -0.05) is 0 Å². The molecule has 0 spiro atoms. The number of hydrogen-bond acceptors (Lipinski definition) is 4. The van der Waals surface area contributed by atoms with E-state index in [0.717, 1.165) is 24.9 Å². The number of rotatable bonds is 5. The van der Waals surface area contributed by atoms with Crippen molar-refractivity contribution in [3.8, 4) is 0 Å². The van der Waals surface area contributed by atoms with Gasteiger partial charge in [-0.3, -0.25) is 4.98 Å². The van der Waals surface area contributed by atoms with Crippen LogP contribution in [0, 0.1) is 0 Å². The van der Waals surface area contributed by atoms with Gasteiger partial charge >= 0.3 is 0 Å². The van der Waals surface area contributed by atoms with Crippen molar-refractivity contribution in [2.45, 2.75) is 38.3 Å². The summed E-state index contributed by atoms with van der Waals surface area (Å²) in [5.74, 6) is 0.125. The van der Waals surface area contributed by atoms with Crippen LogP contribution in [0.15, 0.2) is 24.5 Å². The molecule has 1 aromatic heterocycles. The highest BCUT2D eigenvalue weighted by atomic mass is 32.2. The van der Waals surface area contributed by atoms with Gasteiger partial charge in [0, 0.05) is 24.5 Å². The molecule has 2 rings (SSSR count). The van der Waals surface area contributed by atoms with Crippen LogP contribution in [-0.2, 0) is 16.4 Å². The first-order chi connectivity index (χ1) is 9.07. The fourth-order valence-corrected chi connectivity index (χ4v) is 3.70. The van der Waals surface area contributed by atoms with Crippen molar-refractivity contribution >= 4 is 10.0 Å². The highest BCUT2D eigenvalue weighted by Crippen LogP contribution is 2.10. The van der Waals surface area contributed by atoms with E-state index in [4.69, 9.17) is 0 Å². The lowest BCUT2D eigenvalue weighted by Crippen LogP contribution is -2.52. The zero-order valence-corrected chi connectivity index (χ0v) is 12.0. The van der Waals surface area contributed by atoms with E-state index in [-0.39, 0.29) is 17.8 Å². The third kappa shape index (κ3) is 4.56. The van der Waals surface area contributed by atoms with Crippen molar-refractivity contribution < 1.29 is 8.42 Å². The monoisotopic (exact) mass is 283 g/mol. The fourth-order valence-electron chi connectivity index (χ4n) is 2.30. The van der Waals surface area contributed by atoms with E-state index in [0.29, 0.717) is 6.42 Å². The van der Waals surface area contributed by atoms with Gasteiger partial charge in [0.2, 0.25) is 10.0 Å². The second kappa shape index (κ2) is 6.45. The van der Waals surface area contributed by atoms with Gasteiger partial charge in [-0.25, -0.2) is 13.1 Å². The number of hydrogen-bond donors (Lipinski definition) is 2. The number of nitrogens with one attached hydrogen (secondary N) is 2. The molecule has 106 valence electrons. The molecular formula is C13H21N3O2S. The summed E-state index contributed by atoms with van der Waals surface area (Å²) in [6, 6.07) is 3.90. The van der Waals surface area contributed by atoms with Crippen molar-refractivity contribution in [1.29, 1.82) is 0 Å². The third-order valence-corrected chi connectivity index (χ3v) is 4.90. The molecule has 0 amide bonds. The Morgan fingerprint density at radius 1 is 1.42 bits per heavy atom. The first kappa shape index (κ1) is 14.4. The summed E-state index contributed by atoms with van der Waals surface area (Å²) in [6.07, 6.45) is 5.81. The minimum absolute atomic E-state index is 0.0104. The highest BCUT2D eigenvalue weighted by Gasteiger charge is 2.25. The third-order valence-electron chi connectivity index (χ3n) is 3.50. The van der Waals surface area contributed by atoms with Crippen molar-refractivity contribution in [2.24, 2.45) is 0 Å². The van der Waals surface area contributed by atoms with Crippen molar-refractivity contribution in [3.05, 3.63) is 30.1 Å². The molecule has 1 aliphatic heterocycles. The second-order valence-corrected chi connectivity index (χ2v) is 6.91. The van der Waals surface area contributed by atoms with Gasteiger partial charge in [-0.2, -0.15) is 0 Å². The lowest BCUT2D eigenvalue weighted by Gasteiger charge is -2.30. The lowest BCUT2D eigenvalue weighted by molar-refractivity contribution is 0.349. The minimum atomic E-state index is -3.22. The van der Waals surface area contributed by atoms with Gasteiger partial charge in [0.1, 0.15) is 0 Å². The summed E-state index contributed by atoms with van der Waals surface area (Å²) in [4.78, 5) is 3.92. The van der Waals surface area contributed by atoms with Gasteiger partial charge in [-0.05, 0) is 50.4 Å². The Morgan fingerprint density at radius 3 is 2.84 bits per heavy atom. The van der Waals surface area contributed by atoms with Crippen LogP contribution in [0.25, 0.3) is 0 Å². The summed E-state index contributed by atoms with van der Waals surface area (Å²) in [7, 11) is -3.22. The first-order valence-electron chi connectivity index (χ1n) is 6.69. The van der Waals surface area contributed by atoms with E-state index in [1.807, 2.05) is 19.1 Å². The predicted molar refractivity (Wildman–Crippen MR) is 75.4 cm³/mol. The summed E-state index contributed by atoms with van der Waals surface area (Å²) in [5.41, 5.74) is 0.996. The van der Waals surface area contributed by atoms with Crippen LogP contribution >= 0.6 is 0 Å². The molecule has 19 heavy (non-hydrogen) atoms. The maximum Gasteiger partial charge on any atom is 0.212 e. The van der Waals surface area contributed by atoms with E-state index in [1.165, 1.54) is 0 Å². The van der Waals surface area contributed by atoms with Gasteiger partial charge in [-0.15, -0.1) is 0 Å². The van der Waals surface area contributed by atoms with Crippen molar-refractivity contribution in [2.75, 3.05) is 12.3 Å². The van der Waals surface area contributed by atoms with Crippen molar-refractivity contribution in [3.63, 3.8) is 0 Å². The van der Waals surface area contributed by atoms with Crippen LogP contribution in [0.3, 0.4) is 0 Å². The number of piperidine rings is 1. The number of nitrogens with zero attached hydrogens (tertiary/aromatic N) is 1. The Morgan fingerprint density at radius 2 is 2.16 bits per heavy atom. The van der Waals surface area contributed by atoms with Crippen LogP contribution in [0.2, 0.25) is 0 Å². The average Bonchev–Trinajstić information content (AvgIpc) is 2.40. The summed E-state index contributed by atoms with van der Waals surface area (Å²) >= 11 is 0. The maximum absolute atomic E-state index is 12.1. The summed E-state index contributed by atoms with van der Waals surface area (Å²) in [5, 5.41) is 3.29. The Labute approximate surface area is 114 Å². The molecule has 1 aliphatic rings. The maximum atomic E-state index is 12.1. The predicted octanol–water partition coefficient (Wildman–Crippen LogP) is 0.684. The second-order valence-electron chi connectivity index (χ2n) is 5.03. The average molecular weight is 283 g/mol. The van der Waals surface area contributed by atoms with Gasteiger partial charge in [0.05, 0.1) is 5.75 Å². The van der Waals surface area contributed by atoms with E-state index < -0.39 is 10.0 Å². The fraction of sp³-hybridized carbons (Fsp3) is 0.615. The molecule has 5 nitrogen and oxygen atoms in total. The lowest BCUT2D eigenvalue weighted by atomic mass is 10.0. The zero-order valence-electron chi connectivity index (χ0n) is 11.2. The van der Waals surface area contributed by atoms with Crippen LogP contribution in [0.5, 0.6) is 0 Å². The van der Waals surface area contributed by atoms with Crippen LogP contribution < -0.4 is 10.0 Å². The van der Waals surface area contributed by atoms with Crippen LogP contribution in [-0.4, -0.2) is 37.8 Å². The molecule has 2 N–H and O–H groups in total. The topological polar surface area (TPSA) is 71.1 Å². The van der Waals surface area contributed by atoms with Gasteiger partial charge in [0.15, 0.2) is 0 Å². The molecule has 1 saturated heterocycles. The quantitative estimate of drug-likeness (QED) is 0.834. The summed E-state index contributed by atoms with van der Waals surface area (Å²) in [6.45, 7) is 2.99. The molecule has 0 aromatic carbocycles. The van der Waals surface area contributed by atoms with Crippen molar-refractivity contribution in [1.82, 2.24) is 15.0 Å².